The zero-order valence-electron chi connectivity index (χ0n) is 13.0. The number of nitrogens with two attached hydrogens (primary N) is 1. The molecule has 0 spiro atoms. The lowest BCUT2D eigenvalue weighted by molar-refractivity contribution is -0.134. The monoisotopic (exact) mass is 268 g/mol. The first-order valence-corrected chi connectivity index (χ1v) is 8.13. The first kappa shape index (κ1) is 16.5. The highest BCUT2D eigenvalue weighted by Gasteiger charge is 2.25. The second-order valence-electron chi connectivity index (χ2n) is 6.18. The molecule has 1 rings (SSSR count). The van der Waals surface area contributed by atoms with Gasteiger partial charge in [0.15, 0.2) is 0 Å². The number of carbonyl (C=O) groups excluding carboxylic acids is 1. The first-order valence-electron chi connectivity index (χ1n) is 8.13. The number of carbonyl (C=O) groups is 1. The molecular weight excluding hydrogens is 236 g/mol. The summed E-state index contributed by atoms with van der Waals surface area (Å²) in [5, 5.41) is 0. The second kappa shape index (κ2) is 8.57. The van der Waals surface area contributed by atoms with E-state index in [9.17, 15) is 4.79 Å². The fraction of sp³-hybridized carbons (Fsp3) is 0.938. The van der Waals surface area contributed by atoms with E-state index in [1.807, 2.05) is 0 Å². The van der Waals surface area contributed by atoms with Gasteiger partial charge in [0.1, 0.15) is 0 Å². The average Bonchev–Trinajstić information content (AvgIpc) is 2.41. The van der Waals surface area contributed by atoms with Gasteiger partial charge < -0.3 is 10.6 Å². The van der Waals surface area contributed by atoms with Crippen molar-refractivity contribution in [1.29, 1.82) is 0 Å². The van der Waals surface area contributed by atoms with Crippen LogP contribution in [0.25, 0.3) is 0 Å². The van der Waals surface area contributed by atoms with Gasteiger partial charge in [-0.1, -0.05) is 20.3 Å². The third kappa shape index (κ3) is 5.52. The normalized spacial score (nSPS) is 25.1. The minimum atomic E-state index is 0.364. The van der Waals surface area contributed by atoms with Gasteiger partial charge in [-0.05, 0) is 51.4 Å². The lowest BCUT2D eigenvalue weighted by Crippen LogP contribution is -2.40. The van der Waals surface area contributed by atoms with Gasteiger partial charge in [-0.25, -0.2) is 0 Å². The summed E-state index contributed by atoms with van der Waals surface area (Å²) in [7, 11) is 0. The Hall–Kier alpha value is -0.570. The van der Waals surface area contributed by atoms with Crippen molar-refractivity contribution in [3.05, 3.63) is 0 Å². The fourth-order valence-electron chi connectivity index (χ4n) is 2.90. The largest absolute Gasteiger partial charge is 0.340 e. The molecular formula is C16H32N2O. The van der Waals surface area contributed by atoms with Crippen molar-refractivity contribution in [3.8, 4) is 0 Å². The minimum absolute atomic E-state index is 0.364. The maximum Gasteiger partial charge on any atom is 0.223 e. The number of nitrogens with zero attached hydrogens (tertiary/aromatic N) is 1. The standard InChI is InChI=1S/C16H32N2O/c1-4-6-11-18(13(3)5-2)16(19)12-14-7-9-15(17)10-8-14/h13-15H,4-12,17H2,1-3H3. The zero-order chi connectivity index (χ0) is 14.3. The molecule has 112 valence electrons. The van der Waals surface area contributed by atoms with Gasteiger partial charge >= 0.3 is 0 Å². The third-order valence-electron chi connectivity index (χ3n) is 4.55. The quantitative estimate of drug-likeness (QED) is 0.770. The Bertz CT molecular complexity index is 259. The molecule has 1 atom stereocenters. The summed E-state index contributed by atoms with van der Waals surface area (Å²) >= 11 is 0. The number of rotatable bonds is 7. The molecule has 1 unspecified atom stereocenters. The van der Waals surface area contributed by atoms with Crippen molar-refractivity contribution in [1.82, 2.24) is 4.90 Å². The van der Waals surface area contributed by atoms with Crippen LogP contribution >= 0.6 is 0 Å². The Balaban J connectivity index is 2.46. The summed E-state index contributed by atoms with van der Waals surface area (Å²) in [6, 6.07) is 0.752. The third-order valence-corrected chi connectivity index (χ3v) is 4.55. The molecule has 1 saturated carbocycles. The molecule has 1 amide bonds. The SMILES string of the molecule is CCCCN(C(=O)CC1CCC(N)CC1)C(C)CC. The molecule has 1 fully saturated rings. The van der Waals surface area contributed by atoms with Gasteiger partial charge in [0.05, 0.1) is 0 Å². The van der Waals surface area contributed by atoms with Crippen LogP contribution in [-0.2, 0) is 4.79 Å². The van der Waals surface area contributed by atoms with Crippen LogP contribution in [0.2, 0.25) is 0 Å². The highest BCUT2D eigenvalue weighted by atomic mass is 16.2. The Morgan fingerprint density at radius 2 is 1.89 bits per heavy atom. The molecule has 0 saturated heterocycles. The van der Waals surface area contributed by atoms with E-state index in [-0.39, 0.29) is 0 Å². The van der Waals surface area contributed by atoms with Crippen molar-refractivity contribution in [2.24, 2.45) is 11.7 Å². The molecule has 0 heterocycles. The predicted octanol–water partition coefficient (Wildman–Crippen LogP) is 3.32. The van der Waals surface area contributed by atoms with E-state index in [4.69, 9.17) is 5.73 Å². The molecule has 2 N–H and O–H groups in total. The maximum atomic E-state index is 12.5. The highest BCUT2D eigenvalue weighted by molar-refractivity contribution is 5.76. The Morgan fingerprint density at radius 3 is 2.42 bits per heavy atom. The van der Waals surface area contributed by atoms with E-state index in [0.717, 1.165) is 57.9 Å². The zero-order valence-corrected chi connectivity index (χ0v) is 13.0. The van der Waals surface area contributed by atoms with Crippen LogP contribution < -0.4 is 5.73 Å². The molecule has 19 heavy (non-hydrogen) atoms. The topological polar surface area (TPSA) is 46.3 Å². The number of unbranched alkanes of at least 4 members (excludes halogenated alkanes) is 1. The van der Waals surface area contributed by atoms with Crippen molar-refractivity contribution in [2.45, 2.75) is 84.2 Å². The smallest absolute Gasteiger partial charge is 0.223 e. The number of hydrogen-bond acceptors (Lipinski definition) is 2. The fourth-order valence-corrected chi connectivity index (χ4v) is 2.90. The molecule has 3 nitrogen and oxygen atoms in total. The van der Waals surface area contributed by atoms with Gasteiger partial charge in [0.25, 0.3) is 0 Å². The van der Waals surface area contributed by atoms with Crippen molar-refractivity contribution >= 4 is 5.91 Å². The molecule has 0 aromatic rings. The highest BCUT2D eigenvalue weighted by Crippen LogP contribution is 2.27. The molecule has 1 aliphatic rings. The van der Waals surface area contributed by atoms with Crippen LogP contribution in [0.4, 0.5) is 0 Å². The van der Waals surface area contributed by atoms with Gasteiger partial charge in [-0.2, -0.15) is 0 Å². The van der Waals surface area contributed by atoms with Gasteiger partial charge in [0, 0.05) is 25.0 Å². The van der Waals surface area contributed by atoms with E-state index in [1.54, 1.807) is 0 Å². The van der Waals surface area contributed by atoms with Crippen LogP contribution in [0.5, 0.6) is 0 Å². The van der Waals surface area contributed by atoms with E-state index in [1.165, 1.54) is 0 Å². The van der Waals surface area contributed by atoms with Gasteiger partial charge in [0.2, 0.25) is 5.91 Å². The lowest BCUT2D eigenvalue weighted by Gasteiger charge is -2.32. The molecule has 1 aliphatic carbocycles. The second-order valence-corrected chi connectivity index (χ2v) is 6.18. The van der Waals surface area contributed by atoms with Crippen LogP contribution in [0.15, 0.2) is 0 Å². The average molecular weight is 268 g/mol. The van der Waals surface area contributed by atoms with E-state index in [0.29, 0.717) is 23.9 Å². The molecule has 0 aromatic carbocycles. The molecule has 0 aliphatic heterocycles. The molecule has 3 heteroatoms. The Kier molecular flexibility index (Phi) is 7.44. The summed E-state index contributed by atoms with van der Waals surface area (Å²) < 4.78 is 0. The first-order chi connectivity index (χ1) is 9.08. The van der Waals surface area contributed by atoms with E-state index in [2.05, 4.69) is 25.7 Å². The van der Waals surface area contributed by atoms with Crippen LogP contribution in [0, 0.1) is 5.92 Å². The van der Waals surface area contributed by atoms with E-state index < -0.39 is 0 Å². The Morgan fingerprint density at radius 1 is 1.26 bits per heavy atom. The number of amides is 1. The van der Waals surface area contributed by atoms with Gasteiger partial charge in [-0.15, -0.1) is 0 Å². The summed E-state index contributed by atoms with van der Waals surface area (Å²) in [5.74, 6) is 0.934. The van der Waals surface area contributed by atoms with Crippen molar-refractivity contribution in [2.75, 3.05) is 6.54 Å². The van der Waals surface area contributed by atoms with Crippen molar-refractivity contribution < 1.29 is 4.79 Å². The summed E-state index contributed by atoms with van der Waals surface area (Å²) in [6.07, 6.45) is 8.51. The summed E-state index contributed by atoms with van der Waals surface area (Å²) in [6.45, 7) is 7.44. The van der Waals surface area contributed by atoms with Crippen LogP contribution in [-0.4, -0.2) is 29.4 Å². The minimum Gasteiger partial charge on any atom is -0.340 e. The summed E-state index contributed by atoms with van der Waals surface area (Å²) in [4.78, 5) is 14.6. The van der Waals surface area contributed by atoms with Crippen molar-refractivity contribution in [3.63, 3.8) is 0 Å². The van der Waals surface area contributed by atoms with E-state index >= 15 is 0 Å². The lowest BCUT2D eigenvalue weighted by atomic mass is 9.84. The van der Waals surface area contributed by atoms with Gasteiger partial charge in [-0.3, -0.25) is 4.79 Å². The number of hydrogen-bond donors (Lipinski definition) is 1. The maximum absolute atomic E-state index is 12.5. The summed E-state index contributed by atoms with van der Waals surface area (Å²) in [5.41, 5.74) is 5.93. The predicted molar refractivity (Wildman–Crippen MR) is 80.9 cm³/mol. The van der Waals surface area contributed by atoms with Crippen LogP contribution in [0.1, 0.15) is 72.1 Å². The molecule has 0 bridgehead atoms. The van der Waals surface area contributed by atoms with Crippen LogP contribution in [0.3, 0.4) is 0 Å². The molecule has 0 radical (unpaired) electrons. The Labute approximate surface area is 118 Å². The molecule has 0 aromatic heterocycles.